The normalized spacial score (nSPS) is 22.2. The lowest BCUT2D eigenvalue weighted by Gasteiger charge is -2.35. The van der Waals surface area contributed by atoms with Crippen molar-refractivity contribution in [1.29, 1.82) is 0 Å². The maximum Gasteiger partial charge on any atom is 0.0240 e. The van der Waals surface area contributed by atoms with E-state index >= 15 is 0 Å². The van der Waals surface area contributed by atoms with Gasteiger partial charge in [-0.1, -0.05) is 37.1 Å². The minimum absolute atomic E-state index is 0.607. The predicted molar refractivity (Wildman–Crippen MR) is 70.7 cm³/mol. The fourth-order valence-corrected chi connectivity index (χ4v) is 2.96. The molecule has 17 heavy (non-hydrogen) atoms. The van der Waals surface area contributed by atoms with Gasteiger partial charge in [0.25, 0.3) is 0 Å². The van der Waals surface area contributed by atoms with Crippen LogP contribution in [0, 0.1) is 5.92 Å². The summed E-state index contributed by atoms with van der Waals surface area (Å²) in [7, 11) is 0. The van der Waals surface area contributed by atoms with Crippen molar-refractivity contribution in [1.82, 2.24) is 4.90 Å². The van der Waals surface area contributed by atoms with E-state index in [4.69, 9.17) is 5.73 Å². The van der Waals surface area contributed by atoms with E-state index in [-0.39, 0.29) is 0 Å². The first-order valence-electron chi connectivity index (χ1n) is 6.87. The summed E-state index contributed by atoms with van der Waals surface area (Å²) < 4.78 is 0. The van der Waals surface area contributed by atoms with Crippen LogP contribution in [0.1, 0.15) is 30.4 Å². The van der Waals surface area contributed by atoms with Crippen molar-refractivity contribution >= 4 is 0 Å². The number of nitrogens with zero attached hydrogens (tertiary/aromatic N) is 1. The molecular weight excluding hydrogens is 208 g/mol. The highest BCUT2D eigenvalue weighted by molar-refractivity contribution is 5.29. The van der Waals surface area contributed by atoms with Gasteiger partial charge in [-0.3, -0.25) is 4.90 Å². The lowest BCUT2D eigenvalue weighted by molar-refractivity contribution is 0.168. The van der Waals surface area contributed by atoms with E-state index in [9.17, 15) is 0 Å². The van der Waals surface area contributed by atoms with Gasteiger partial charge >= 0.3 is 0 Å². The van der Waals surface area contributed by atoms with Gasteiger partial charge in [0.2, 0.25) is 0 Å². The molecule has 1 unspecified atom stereocenters. The quantitative estimate of drug-likeness (QED) is 0.859. The van der Waals surface area contributed by atoms with Crippen molar-refractivity contribution in [2.24, 2.45) is 11.7 Å². The molecule has 1 saturated carbocycles. The second-order valence-electron chi connectivity index (χ2n) is 5.56. The van der Waals surface area contributed by atoms with Crippen molar-refractivity contribution in [2.75, 3.05) is 13.1 Å². The second kappa shape index (κ2) is 4.79. The van der Waals surface area contributed by atoms with Gasteiger partial charge < -0.3 is 5.73 Å². The van der Waals surface area contributed by atoms with Gasteiger partial charge in [-0.2, -0.15) is 0 Å². The minimum Gasteiger partial charge on any atom is -0.329 e. The molecule has 0 radical (unpaired) electrons. The highest BCUT2D eigenvalue weighted by atomic mass is 15.2. The van der Waals surface area contributed by atoms with Crippen LogP contribution in [0.2, 0.25) is 0 Å². The van der Waals surface area contributed by atoms with Gasteiger partial charge in [0.05, 0.1) is 0 Å². The van der Waals surface area contributed by atoms with E-state index in [2.05, 4.69) is 29.2 Å². The van der Waals surface area contributed by atoms with Gasteiger partial charge in [0.15, 0.2) is 0 Å². The first kappa shape index (κ1) is 11.2. The number of benzene rings is 1. The summed E-state index contributed by atoms with van der Waals surface area (Å²) in [6.07, 6.45) is 5.37. The lowest BCUT2D eigenvalue weighted by Crippen LogP contribution is -2.43. The van der Waals surface area contributed by atoms with Crippen molar-refractivity contribution in [3.8, 4) is 0 Å². The molecule has 2 nitrogen and oxygen atoms in total. The summed E-state index contributed by atoms with van der Waals surface area (Å²) in [4.78, 5) is 2.60. The molecule has 92 valence electrons. The Balaban J connectivity index is 1.69. The molecule has 1 aliphatic carbocycles. The van der Waals surface area contributed by atoms with Gasteiger partial charge in [-0.05, 0) is 29.9 Å². The molecule has 2 heteroatoms. The molecule has 0 amide bonds. The van der Waals surface area contributed by atoms with Gasteiger partial charge in [-0.15, -0.1) is 0 Å². The summed E-state index contributed by atoms with van der Waals surface area (Å²) in [6.45, 7) is 3.11. The third kappa shape index (κ3) is 2.53. The Morgan fingerprint density at radius 2 is 2.00 bits per heavy atom. The van der Waals surface area contributed by atoms with Crippen LogP contribution >= 0.6 is 0 Å². The third-order valence-electron chi connectivity index (χ3n) is 4.25. The smallest absolute Gasteiger partial charge is 0.0240 e. The van der Waals surface area contributed by atoms with Crippen molar-refractivity contribution < 1.29 is 0 Å². The Morgan fingerprint density at radius 1 is 1.24 bits per heavy atom. The first-order chi connectivity index (χ1) is 8.36. The molecule has 2 N–H and O–H groups in total. The highest BCUT2D eigenvalue weighted by Gasteiger charge is 2.29. The van der Waals surface area contributed by atoms with E-state index in [1.165, 1.54) is 43.4 Å². The van der Waals surface area contributed by atoms with E-state index in [1.54, 1.807) is 0 Å². The van der Waals surface area contributed by atoms with Crippen LogP contribution in [0.3, 0.4) is 0 Å². The fourth-order valence-electron chi connectivity index (χ4n) is 2.96. The van der Waals surface area contributed by atoms with Crippen LogP contribution in [0.5, 0.6) is 0 Å². The standard InChI is InChI=1S/C15H22N2/c16-10-15(9-12-5-6-12)17-8-7-13-3-1-2-4-14(13)11-17/h1-4,12,15H,5-11,16H2. The number of rotatable bonds is 4. The molecule has 1 atom stereocenters. The minimum atomic E-state index is 0.607. The van der Waals surface area contributed by atoms with Crippen LogP contribution in [-0.4, -0.2) is 24.0 Å². The largest absolute Gasteiger partial charge is 0.329 e. The molecule has 1 aliphatic heterocycles. The molecule has 0 aromatic heterocycles. The zero-order valence-electron chi connectivity index (χ0n) is 10.4. The molecule has 1 fully saturated rings. The maximum atomic E-state index is 5.96. The average molecular weight is 230 g/mol. The average Bonchev–Trinajstić information content (AvgIpc) is 3.19. The molecule has 0 spiro atoms. The summed E-state index contributed by atoms with van der Waals surface area (Å²) >= 11 is 0. The molecule has 1 aromatic carbocycles. The van der Waals surface area contributed by atoms with Gasteiger partial charge in [0, 0.05) is 25.7 Å². The summed E-state index contributed by atoms with van der Waals surface area (Å²) in [6, 6.07) is 9.45. The molecular formula is C15H22N2. The lowest BCUT2D eigenvalue weighted by atomic mass is 9.97. The Bertz CT molecular complexity index is 384. The SMILES string of the molecule is NCC(CC1CC1)N1CCc2ccccc2C1. The van der Waals surface area contributed by atoms with Crippen molar-refractivity contribution in [3.05, 3.63) is 35.4 Å². The summed E-state index contributed by atoms with van der Waals surface area (Å²) in [5.41, 5.74) is 9.00. The Kier molecular flexibility index (Phi) is 3.17. The molecule has 1 heterocycles. The van der Waals surface area contributed by atoms with Crippen LogP contribution in [0.25, 0.3) is 0 Å². The summed E-state index contributed by atoms with van der Waals surface area (Å²) in [5.74, 6) is 0.973. The second-order valence-corrected chi connectivity index (χ2v) is 5.56. The van der Waals surface area contributed by atoms with Crippen LogP contribution in [0.15, 0.2) is 24.3 Å². The van der Waals surface area contributed by atoms with Crippen LogP contribution in [-0.2, 0) is 13.0 Å². The number of hydrogen-bond acceptors (Lipinski definition) is 2. The first-order valence-corrected chi connectivity index (χ1v) is 6.87. The Morgan fingerprint density at radius 3 is 2.71 bits per heavy atom. The van der Waals surface area contributed by atoms with E-state index in [0.29, 0.717) is 6.04 Å². The van der Waals surface area contributed by atoms with Crippen molar-refractivity contribution in [2.45, 2.75) is 38.3 Å². The highest BCUT2D eigenvalue weighted by Crippen LogP contribution is 2.35. The zero-order chi connectivity index (χ0) is 11.7. The van der Waals surface area contributed by atoms with Gasteiger partial charge in [0.1, 0.15) is 0 Å². The van der Waals surface area contributed by atoms with Crippen molar-refractivity contribution in [3.63, 3.8) is 0 Å². The third-order valence-corrected chi connectivity index (χ3v) is 4.25. The van der Waals surface area contributed by atoms with Gasteiger partial charge in [-0.25, -0.2) is 0 Å². The zero-order valence-corrected chi connectivity index (χ0v) is 10.4. The monoisotopic (exact) mass is 230 g/mol. The van der Waals surface area contributed by atoms with E-state index in [1.807, 2.05) is 0 Å². The molecule has 2 aliphatic rings. The topological polar surface area (TPSA) is 29.3 Å². The number of hydrogen-bond donors (Lipinski definition) is 1. The summed E-state index contributed by atoms with van der Waals surface area (Å²) in [5, 5.41) is 0. The molecule has 0 bridgehead atoms. The maximum absolute atomic E-state index is 5.96. The molecule has 3 rings (SSSR count). The number of fused-ring (bicyclic) bond motifs is 1. The molecule has 1 aromatic rings. The predicted octanol–water partition coefficient (Wildman–Crippen LogP) is 2.17. The van der Waals surface area contributed by atoms with Crippen LogP contribution in [0.4, 0.5) is 0 Å². The van der Waals surface area contributed by atoms with Crippen LogP contribution < -0.4 is 5.73 Å². The molecule has 0 saturated heterocycles. The fraction of sp³-hybridized carbons (Fsp3) is 0.600. The number of nitrogens with two attached hydrogens (primary N) is 1. The Labute approximate surface area is 104 Å². The van der Waals surface area contributed by atoms with E-state index in [0.717, 1.165) is 19.0 Å². The Hall–Kier alpha value is -0.860. The van der Waals surface area contributed by atoms with E-state index < -0.39 is 0 Å².